The van der Waals surface area contributed by atoms with Gasteiger partial charge in [0.25, 0.3) is 0 Å². The van der Waals surface area contributed by atoms with Crippen LogP contribution in [0.15, 0.2) is 6.20 Å². The van der Waals surface area contributed by atoms with Crippen molar-refractivity contribution in [3.63, 3.8) is 0 Å². The molecule has 0 amide bonds. The van der Waals surface area contributed by atoms with Gasteiger partial charge < -0.3 is 11.1 Å². The highest BCUT2D eigenvalue weighted by Crippen LogP contribution is 2.21. The Kier molecular flexibility index (Phi) is 3.50. The van der Waals surface area contributed by atoms with E-state index < -0.39 is 0 Å². The molecule has 1 saturated heterocycles. The zero-order valence-electron chi connectivity index (χ0n) is 8.33. The Morgan fingerprint density at radius 1 is 1.50 bits per heavy atom. The molecule has 0 unspecified atom stereocenters. The van der Waals surface area contributed by atoms with Crippen molar-refractivity contribution in [1.82, 2.24) is 10.3 Å². The summed E-state index contributed by atoms with van der Waals surface area (Å²) in [6, 6.07) is 0. The highest BCUT2D eigenvalue weighted by molar-refractivity contribution is 7.11. The van der Waals surface area contributed by atoms with E-state index in [1.165, 1.54) is 35.8 Å². The SMILES string of the molecule is NCc1cnc(CC2CCNCC2)s1. The first-order valence-electron chi connectivity index (χ1n) is 5.23. The summed E-state index contributed by atoms with van der Waals surface area (Å²) in [6.07, 6.45) is 5.64. The van der Waals surface area contributed by atoms with Crippen LogP contribution in [0.4, 0.5) is 0 Å². The third kappa shape index (κ3) is 2.53. The molecule has 3 nitrogen and oxygen atoms in total. The lowest BCUT2D eigenvalue weighted by Gasteiger charge is -2.21. The highest BCUT2D eigenvalue weighted by Gasteiger charge is 2.14. The zero-order chi connectivity index (χ0) is 9.80. The Bertz CT molecular complexity index is 279. The molecule has 1 aromatic heterocycles. The summed E-state index contributed by atoms with van der Waals surface area (Å²) in [7, 11) is 0. The number of piperidine rings is 1. The molecule has 0 aliphatic carbocycles. The fourth-order valence-electron chi connectivity index (χ4n) is 1.87. The van der Waals surface area contributed by atoms with E-state index in [-0.39, 0.29) is 0 Å². The Morgan fingerprint density at radius 3 is 2.93 bits per heavy atom. The maximum Gasteiger partial charge on any atom is 0.0930 e. The van der Waals surface area contributed by atoms with Crippen LogP contribution < -0.4 is 11.1 Å². The van der Waals surface area contributed by atoms with E-state index in [0.29, 0.717) is 6.54 Å². The summed E-state index contributed by atoms with van der Waals surface area (Å²) in [5, 5.41) is 4.64. The fourth-order valence-corrected chi connectivity index (χ4v) is 2.79. The van der Waals surface area contributed by atoms with Crippen LogP contribution in [0.1, 0.15) is 22.7 Å². The topological polar surface area (TPSA) is 50.9 Å². The minimum absolute atomic E-state index is 0.629. The van der Waals surface area contributed by atoms with Crippen LogP contribution in [0.5, 0.6) is 0 Å². The minimum Gasteiger partial charge on any atom is -0.326 e. The molecule has 1 aliphatic rings. The van der Waals surface area contributed by atoms with Gasteiger partial charge in [0.1, 0.15) is 0 Å². The number of hydrogen-bond donors (Lipinski definition) is 2. The standard InChI is InChI=1S/C10H17N3S/c11-6-9-7-13-10(14-9)5-8-1-3-12-4-2-8/h7-8,12H,1-6,11H2. The van der Waals surface area contributed by atoms with Crippen molar-refractivity contribution in [3.8, 4) is 0 Å². The molecular formula is C10H17N3S. The van der Waals surface area contributed by atoms with Crippen LogP contribution >= 0.6 is 11.3 Å². The minimum atomic E-state index is 0.629. The molecule has 4 heteroatoms. The van der Waals surface area contributed by atoms with Crippen LogP contribution in [0, 0.1) is 5.92 Å². The summed E-state index contributed by atoms with van der Waals surface area (Å²) in [4.78, 5) is 5.60. The van der Waals surface area contributed by atoms with Gasteiger partial charge >= 0.3 is 0 Å². The van der Waals surface area contributed by atoms with Crippen molar-refractivity contribution in [2.45, 2.75) is 25.8 Å². The number of rotatable bonds is 3. The quantitative estimate of drug-likeness (QED) is 0.788. The van der Waals surface area contributed by atoms with Gasteiger partial charge in [-0.2, -0.15) is 0 Å². The summed E-state index contributed by atoms with van der Waals surface area (Å²) in [5.74, 6) is 0.827. The second-order valence-corrected chi connectivity index (χ2v) is 5.02. The van der Waals surface area contributed by atoms with E-state index in [9.17, 15) is 0 Å². The molecule has 0 aromatic carbocycles. The van der Waals surface area contributed by atoms with E-state index in [1.54, 1.807) is 11.3 Å². The van der Waals surface area contributed by atoms with Gasteiger partial charge in [-0.1, -0.05) is 0 Å². The highest BCUT2D eigenvalue weighted by atomic mass is 32.1. The van der Waals surface area contributed by atoms with Crippen LogP contribution in [-0.4, -0.2) is 18.1 Å². The van der Waals surface area contributed by atoms with Gasteiger partial charge in [-0.3, -0.25) is 0 Å². The lowest BCUT2D eigenvalue weighted by Crippen LogP contribution is -2.28. The Morgan fingerprint density at radius 2 is 2.29 bits per heavy atom. The molecule has 0 radical (unpaired) electrons. The zero-order valence-corrected chi connectivity index (χ0v) is 9.15. The molecular weight excluding hydrogens is 194 g/mol. The molecule has 0 atom stereocenters. The third-order valence-corrected chi connectivity index (χ3v) is 3.77. The lowest BCUT2D eigenvalue weighted by atomic mass is 9.95. The monoisotopic (exact) mass is 211 g/mol. The smallest absolute Gasteiger partial charge is 0.0930 e. The van der Waals surface area contributed by atoms with Crippen molar-refractivity contribution in [2.24, 2.45) is 11.7 Å². The second kappa shape index (κ2) is 4.87. The van der Waals surface area contributed by atoms with Crippen molar-refractivity contribution >= 4 is 11.3 Å². The van der Waals surface area contributed by atoms with E-state index >= 15 is 0 Å². The third-order valence-electron chi connectivity index (χ3n) is 2.72. The van der Waals surface area contributed by atoms with Crippen molar-refractivity contribution in [3.05, 3.63) is 16.1 Å². The lowest BCUT2D eigenvalue weighted by molar-refractivity contribution is 0.372. The molecule has 14 heavy (non-hydrogen) atoms. The second-order valence-electron chi connectivity index (χ2n) is 3.82. The predicted molar refractivity (Wildman–Crippen MR) is 59.3 cm³/mol. The number of thiazole rings is 1. The Hall–Kier alpha value is -0.450. The number of hydrogen-bond acceptors (Lipinski definition) is 4. The van der Waals surface area contributed by atoms with Gasteiger partial charge in [-0.05, 0) is 31.8 Å². The van der Waals surface area contributed by atoms with E-state index in [1.807, 2.05) is 6.20 Å². The molecule has 1 aliphatic heterocycles. The van der Waals surface area contributed by atoms with Crippen LogP contribution in [0.25, 0.3) is 0 Å². The largest absolute Gasteiger partial charge is 0.326 e. The van der Waals surface area contributed by atoms with Gasteiger partial charge in [0, 0.05) is 24.0 Å². The average molecular weight is 211 g/mol. The van der Waals surface area contributed by atoms with Crippen LogP contribution in [0.3, 0.4) is 0 Å². The van der Waals surface area contributed by atoms with Gasteiger partial charge in [0.15, 0.2) is 0 Å². The summed E-state index contributed by atoms with van der Waals surface area (Å²) in [6.45, 7) is 2.96. The van der Waals surface area contributed by atoms with Crippen molar-refractivity contribution < 1.29 is 0 Å². The molecule has 2 rings (SSSR count). The Balaban J connectivity index is 1.89. The first kappa shape index (κ1) is 10.1. The molecule has 78 valence electrons. The van der Waals surface area contributed by atoms with Gasteiger partial charge in [-0.15, -0.1) is 11.3 Å². The first-order valence-corrected chi connectivity index (χ1v) is 6.04. The molecule has 2 heterocycles. The van der Waals surface area contributed by atoms with E-state index in [2.05, 4.69) is 10.3 Å². The normalized spacial score (nSPS) is 18.6. The van der Waals surface area contributed by atoms with Gasteiger partial charge in [-0.25, -0.2) is 4.98 Å². The van der Waals surface area contributed by atoms with Gasteiger partial charge in [0.2, 0.25) is 0 Å². The first-order chi connectivity index (χ1) is 6.88. The van der Waals surface area contributed by atoms with Gasteiger partial charge in [0.05, 0.1) is 5.01 Å². The summed E-state index contributed by atoms with van der Waals surface area (Å²) >= 11 is 1.77. The number of nitrogens with two attached hydrogens (primary N) is 1. The average Bonchev–Trinajstić information content (AvgIpc) is 2.67. The molecule has 3 N–H and O–H groups in total. The summed E-state index contributed by atoms with van der Waals surface area (Å²) in [5.41, 5.74) is 5.56. The maximum absolute atomic E-state index is 5.56. The predicted octanol–water partition coefficient (Wildman–Crippen LogP) is 1.14. The van der Waals surface area contributed by atoms with Crippen LogP contribution in [0.2, 0.25) is 0 Å². The summed E-state index contributed by atoms with van der Waals surface area (Å²) < 4.78 is 0. The molecule has 0 saturated carbocycles. The van der Waals surface area contributed by atoms with E-state index in [0.717, 1.165) is 12.3 Å². The number of nitrogens with one attached hydrogen (secondary N) is 1. The van der Waals surface area contributed by atoms with Crippen molar-refractivity contribution in [2.75, 3.05) is 13.1 Å². The maximum atomic E-state index is 5.56. The molecule has 0 bridgehead atoms. The Labute approximate surface area is 88.7 Å². The number of aromatic nitrogens is 1. The molecule has 0 spiro atoms. The fraction of sp³-hybridized carbons (Fsp3) is 0.700. The molecule has 1 fully saturated rings. The molecule has 1 aromatic rings. The van der Waals surface area contributed by atoms with E-state index in [4.69, 9.17) is 5.73 Å². The van der Waals surface area contributed by atoms with Crippen molar-refractivity contribution in [1.29, 1.82) is 0 Å². The number of nitrogens with zero attached hydrogens (tertiary/aromatic N) is 1. The van der Waals surface area contributed by atoms with Crippen LogP contribution in [-0.2, 0) is 13.0 Å².